The molecule has 0 amide bonds. The van der Waals surface area contributed by atoms with Gasteiger partial charge in [-0.15, -0.1) is 0 Å². The van der Waals surface area contributed by atoms with Gasteiger partial charge in [-0.1, -0.05) is 35.9 Å². The molecule has 7 rings (SSSR count). The van der Waals surface area contributed by atoms with Crippen LogP contribution < -0.4 is 5.32 Å². The fourth-order valence-corrected chi connectivity index (χ4v) is 6.38. The van der Waals surface area contributed by atoms with Crippen LogP contribution in [-0.2, 0) is 13.2 Å². The number of rotatable bonds is 7. The minimum Gasteiger partial charge on any atom is -0.434 e. The average molecular weight is 606 g/mol. The molecule has 0 radical (unpaired) electrons. The molecule has 3 N–H and O–H groups in total. The van der Waals surface area contributed by atoms with Crippen molar-refractivity contribution in [3.8, 4) is 22.6 Å². The number of nitrogens with one attached hydrogen (secondary N) is 1. The normalized spacial score (nSPS) is 15.4. The van der Waals surface area contributed by atoms with E-state index in [4.69, 9.17) is 26.0 Å². The summed E-state index contributed by atoms with van der Waals surface area (Å²) >= 11 is 6.42. The first kappa shape index (κ1) is 28.4. The van der Waals surface area contributed by atoms with Crippen molar-refractivity contribution in [2.75, 3.05) is 18.4 Å². The number of nitrogens with zero attached hydrogens (tertiary/aromatic N) is 4. The lowest BCUT2D eigenvalue weighted by molar-refractivity contribution is 0.175. The first-order chi connectivity index (χ1) is 21.4. The summed E-state index contributed by atoms with van der Waals surface area (Å²) in [5.41, 5.74) is 9.78. The van der Waals surface area contributed by atoms with E-state index >= 15 is 0 Å². The van der Waals surface area contributed by atoms with Crippen molar-refractivity contribution in [2.45, 2.75) is 39.5 Å². The summed E-state index contributed by atoms with van der Waals surface area (Å²) in [6.07, 6.45) is 4.29. The van der Waals surface area contributed by atoms with Crippen LogP contribution in [0.3, 0.4) is 0 Å². The maximum atomic E-state index is 9.88. The Kier molecular flexibility index (Phi) is 7.52. The van der Waals surface area contributed by atoms with Crippen molar-refractivity contribution < 1.29 is 14.6 Å². The van der Waals surface area contributed by atoms with Gasteiger partial charge < -0.3 is 19.9 Å². The van der Waals surface area contributed by atoms with Crippen molar-refractivity contribution in [1.29, 1.82) is 0 Å². The lowest BCUT2D eigenvalue weighted by atomic mass is 9.93. The molecule has 44 heavy (non-hydrogen) atoms. The number of oxazole rings is 1. The molecule has 4 heterocycles. The Morgan fingerprint density at radius 3 is 2.57 bits per heavy atom. The molecule has 8 nitrogen and oxygen atoms in total. The maximum Gasteiger partial charge on any atom is 0.227 e. The van der Waals surface area contributed by atoms with Crippen LogP contribution in [0.15, 0.2) is 77.5 Å². The Hall–Kier alpha value is -4.34. The molecule has 1 atom stereocenters. The number of β-amino-alcohol motifs (C(OH)–C–C–N with tert-alkyl or cyclic N) is 1. The van der Waals surface area contributed by atoms with Crippen LogP contribution in [0, 0.1) is 13.8 Å². The predicted molar refractivity (Wildman–Crippen MR) is 174 cm³/mol. The molecule has 0 bridgehead atoms. The minimum absolute atomic E-state index is 0.119. The van der Waals surface area contributed by atoms with Gasteiger partial charge in [0.05, 0.1) is 17.7 Å². The standard InChI is InChI=1S/C35H32ClN5O3/c1-20-26(5-3-7-28(20)35-40-31-15-22(19-42)14-29(36)33(31)44-35)27-6-4-8-30(21(27)2)39-34-32-24(9-11-37-34)13-23(16-38-32)17-41-12-10-25(43)18-41/h3-9,11,13-16,25,42-43H,10,12,17-19H2,1-2H3,(H,37,39). The van der Waals surface area contributed by atoms with E-state index < -0.39 is 0 Å². The van der Waals surface area contributed by atoms with Gasteiger partial charge in [-0.2, -0.15) is 0 Å². The van der Waals surface area contributed by atoms with E-state index in [-0.39, 0.29) is 12.7 Å². The third-order valence-electron chi connectivity index (χ3n) is 8.44. The van der Waals surface area contributed by atoms with E-state index in [0.29, 0.717) is 39.9 Å². The van der Waals surface area contributed by atoms with Gasteiger partial charge in [-0.05, 0) is 90.0 Å². The lowest BCUT2D eigenvalue weighted by Gasteiger charge is -2.17. The highest BCUT2D eigenvalue weighted by molar-refractivity contribution is 6.34. The molecule has 3 aromatic heterocycles. The number of aromatic nitrogens is 3. The number of aliphatic hydroxyl groups excluding tert-OH is 2. The minimum atomic E-state index is -0.240. The Morgan fingerprint density at radius 2 is 1.77 bits per heavy atom. The van der Waals surface area contributed by atoms with Crippen LogP contribution in [0.5, 0.6) is 0 Å². The van der Waals surface area contributed by atoms with Crippen molar-refractivity contribution >= 4 is 45.1 Å². The third-order valence-corrected chi connectivity index (χ3v) is 8.72. The van der Waals surface area contributed by atoms with E-state index in [0.717, 1.165) is 69.5 Å². The Balaban J connectivity index is 1.20. The summed E-state index contributed by atoms with van der Waals surface area (Å²) < 4.78 is 6.11. The molecular formula is C35H32ClN5O3. The van der Waals surface area contributed by atoms with Crippen molar-refractivity contribution in [3.05, 3.63) is 100 Å². The van der Waals surface area contributed by atoms with E-state index in [1.165, 1.54) is 0 Å². The van der Waals surface area contributed by atoms with Gasteiger partial charge >= 0.3 is 0 Å². The van der Waals surface area contributed by atoms with Gasteiger partial charge in [0.1, 0.15) is 11.0 Å². The van der Waals surface area contributed by atoms with Gasteiger partial charge in [0.15, 0.2) is 11.4 Å². The number of likely N-dealkylation sites (tertiary alicyclic amines) is 1. The number of aliphatic hydroxyl groups is 2. The first-order valence-corrected chi connectivity index (χ1v) is 15.1. The van der Waals surface area contributed by atoms with Crippen molar-refractivity contribution in [2.24, 2.45) is 0 Å². The van der Waals surface area contributed by atoms with E-state index in [1.54, 1.807) is 18.3 Å². The summed E-state index contributed by atoms with van der Waals surface area (Å²) in [6.45, 7) is 6.41. The number of halogens is 1. The van der Waals surface area contributed by atoms with E-state index in [9.17, 15) is 10.2 Å². The monoisotopic (exact) mass is 605 g/mol. The molecule has 0 spiro atoms. The van der Waals surface area contributed by atoms with Gasteiger partial charge in [0.25, 0.3) is 0 Å². The van der Waals surface area contributed by atoms with Crippen LogP contribution in [0.1, 0.15) is 28.7 Å². The van der Waals surface area contributed by atoms with Gasteiger partial charge in [0.2, 0.25) is 5.89 Å². The summed E-state index contributed by atoms with van der Waals surface area (Å²) in [5, 5.41) is 24.4. The largest absolute Gasteiger partial charge is 0.434 e. The number of hydrogen-bond acceptors (Lipinski definition) is 8. The summed E-state index contributed by atoms with van der Waals surface area (Å²) in [6, 6.07) is 19.9. The molecule has 3 aromatic carbocycles. The molecule has 222 valence electrons. The Bertz CT molecular complexity index is 2020. The number of fused-ring (bicyclic) bond motifs is 2. The predicted octanol–water partition coefficient (Wildman–Crippen LogP) is 7.18. The highest BCUT2D eigenvalue weighted by Crippen LogP contribution is 2.38. The second-order valence-corrected chi connectivity index (χ2v) is 11.8. The number of hydrogen-bond donors (Lipinski definition) is 3. The zero-order chi connectivity index (χ0) is 30.4. The summed E-state index contributed by atoms with van der Waals surface area (Å²) in [7, 11) is 0. The lowest BCUT2D eigenvalue weighted by Crippen LogP contribution is -2.21. The Morgan fingerprint density at radius 1 is 0.977 bits per heavy atom. The topological polar surface area (TPSA) is 108 Å². The maximum absolute atomic E-state index is 9.88. The van der Waals surface area contributed by atoms with Crippen molar-refractivity contribution in [1.82, 2.24) is 19.9 Å². The molecule has 0 saturated carbocycles. The number of pyridine rings is 2. The molecular weight excluding hydrogens is 574 g/mol. The molecule has 1 unspecified atom stereocenters. The van der Waals surface area contributed by atoms with Gasteiger partial charge in [-0.25, -0.2) is 9.97 Å². The van der Waals surface area contributed by atoms with Crippen LogP contribution in [0.2, 0.25) is 5.02 Å². The molecule has 1 fully saturated rings. The van der Waals surface area contributed by atoms with E-state index in [1.807, 2.05) is 36.5 Å². The second kappa shape index (κ2) is 11.6. The smallest absolute Gasteiger partial charge is 0.227 e. The van der Waals surface area contributed by atoms with Crippen LogP contribution in [0.25, 0.3) is 44.6 Å². The molecule has 1 saturated heterocycles. The van der Waals surface area contributed by atoms with Crippen LogP contribution >= 0.6 is 11.6 Å². The number of anilines is 2. The van der Waals surface area contributed by atoms with Crippen molar-refractivity contribution in [3.63, 3.8) is 0 Å². The van der Waals surface area contributed by atoms with Crippen LogP contribution in [0.4, 0.5) is 11.5 Å². The molecule has 1 aliphatic rings. The SMILES string of the molecule is Cc1c(Nc2nccc3cc(CN4CCC(O)C4)cnc23)cccc1-c1cccc(-c2nc3cc(CO)cc(Cl)c3o2)c1C. The average Bonchev–Trinajstić information content (AvgIpc) is 3.64. The highest BCUT2D eigenvalue weighted by atomic mass is 35.5. The molecule has 6 aromatic rings. The Labute approximate surface area is 260 Å². The fourth-order valence-electron chi connectivity index (χ4n) is 6.10. The second-order valence-electron chi connectivity index (χ2n) is 11.4. The fraction of sp³-hybridized carbons (Fsp3) is 0.229. The molecule has 9 heteroatoms. The summed E-state index contributed by atoms with van der Waals surface area (Å²) in [4.78, 5) is 16.4. The van der Waals surface area contributed by atoms with Gasteiger partial charge in [0, 0.05) is 48.7 Å². The van der Waals surface area contributed by atoms with Gasteiger partial charge in [-0.3, -0.25) is 9.88 Å². The molecule has 1 aliphatic heterocycles. The zero-order valence-electron chi connectivity index (χ0n) is 24.5. The molecule has 0 aliphatic carbocycles. The van der Waals surface area contributed by atoms with E-state index in [2.05, 4.69) is 47.2 Å². The zero-order valence-corrected chi connectivity index (χ0v) is 25.3. The number of benzene rings is 3. The van der Waals surface area contributed by atoms with Crippen LogP contribution in [-0.4, -0.2) is 49.3 Å². The summed E-state index contributed by atoms with van der Waals surface area (Å²) in [5.74, 6) is 1.18. The quantitative estimate of drug-likeness (QED) is 0.176. The highest BCUT2D eigenvalue weighted by Gasteiger charge is 2.21. The third kappa shape index (κ3) is 5.31. The first-order valence-electron chi connectivity index (χ1n) is 14.7.